The predicted octanol–water partition coefficient (Wildman–Crippen LogP) is 2.91. The topological polar surface area (TPSA) is 23.5 Å². The van der Waals surface area contributed by atoms with Gasteiger partial charge in [-0.1, -0.05) is 11.8 Å². The van der Waals surface area contributed by atoms with Crippen molar-refractivity contribution in [2.45, 2.75) is 18.5 Å². The molecule has 0 aliphatic rings. The average molecular weight is 325 g/mol. The maximum absolute atomic E-state index is 12.3. The molecule has 1 N–H and O–H groups in total. The SMILES string of the molecule is CN(CC#Cc1ccc(C(F)(F)F)cc1)CC(O)C(F)(F)F. The minimum absolute atomic E-state index is 0.0613. The van der Waals surface area contributed by atoms with Gasteiger partial charge in [-0.2, -0.15) is 26.3 Å². The van der Waals surface area contributed by atoms with E-state index in [1.165, 1.54) is 19.2 Å². The highest BCUT2D eigenvalue weighted by Crippen LogP contribution is 2.28. The zero-order valence-electron chi connectivity index (χ0n) is 11.5. The van der Waals surface area contributed by atoms with Crippen molar-refractivity contribution in [2.24, 2.45) is 0 Å². The minimum Gasteiger partial charge on any atom is -0.382 e. The maximum atomic E-state index is 12.3. The first kappa shape index (κ1) is 18.3. The fourth-order valence-corrected chi connectivity index (χ4v) is 1.48. The van der Waals surface area contributed by atoms with E-state index in [2.05, 4.69) is 11.8 Å². The van der Waals surface area contributed by atoms with Crippen molar-refractivity contribution in [1.82, 2.24) is 4.90 Å². The molecule has 1 aromatic rings. The number of halogens is 6. The molecule has 1 aromatic carbocycles. The molecule has 0 fully saturated rings. The third kappa shape index (κ3) is 5.95. The monoisotopic (exact) mass is 325 g/mol. The normalized spacial score (nSPS) is 13.7. The van der Waals surface area contributed by atoms with Gasteiger partial charge in [-0.05, 0) is 31.3 Å². The molecule has 0 saturated heterocycles. The summed E-state index contributed by atoms with van der Waals surface area (Å²) < 4.78 is 73.4. The van der Waals surface area contributed by atoms with E-state index in [-0.39, 0.29) is 6.54 Å². The summed E-state index contributed by atoms with van der Waals surface area (Å²) in [6.07, 6.45) is -11.6. The molecule has 0 amide bonds. The first-order valence-electron chi connectivity index (χ1n) is 6.09. The van der Waals surface area contributed by atoms with Crippen molar-refractivity contribution < 1.29 is 31.4 Å². The molecule has 0 aromatic heterocycles. The van der Waals surface area contributed by atoms with Gasteiger partial charge < -0.3 is 5.11 Å². The van der Waals surface area contributed by atoms with Gasteiger partial charge in [0.05, 0.1) is 12.1 Å². The lowest BCUT2D eigenvalue weighted by Crippen LogP contribution is -2.39. The van der Waals surface area contributed by atoms with Gasteiger partial charge in [-0.3, -0.25) is 4.90 Å². The lowest BCUT2D eigenvalue weighted by molar-refractivity contribution is -0.207. The fourth-order valence-electron chi connectivity index (χ4n) is 1.48. The van der Waals surface area contributed by atoms with Gasteiger partial charge in [0.1, 0.15) is 0 Å². The zero-order valence-corrected chi connectivity index (χ0v) is 11.5. The highest BCUT2D eigenvalue weighted by atomic mass is 19.4. The van der Waals surface area contributed by atoms with Gasteiger partial charge in [0.2, 0.25) is 0 Å². The molecule has 0 radical (unpaired) electrons. The minimum atomic E-state index is -4.70. The maximum Gasteiger partial charge on any atom is 0.416 e. The summed E-state index contributed by atoms with van der Waals surface area (Å²) in [4.78, 5) is 1.16. The molecule has 1 atom stereocenters. The zero-order chi connectivity index (χ0) is 17.0. The highest BCUT2D eigenvalue weighted by molar-refractivity contribution is 5.37. The second kappa shape index (κ2) is 7.03. The van der Waals surface area contributed by atoms with E-state index < -0.39 is 30.6 Å². The van der Waals surface area contributed by atoms with Crippen molar-refractivity contribution in [1.29, 1.82) is 0 Å². The van der Waals surface area contributed by atoms with E-state index in [9.17, 15) is 26.3 Å². The predicted molar refractivity (Wildman–Crippen MR) is 67.9 cm³/mol. The number of alkyl halides is 6. The standard InChI is InChI=1S/C14H13F6NO/c1-21(9-12(22)14(18,19)20)8-2-3-10-4-6-11(7-5-10)13(15,16)17/h4-7,12,22H,8-9H2,1H3. The molecule has 0 bridgehead atoms. The molecular formula is C14H13F6NO. The van der Waals surface area contributed by atoms with E-state index in [1.54, 1.807) is 0 Å². The molecule has 0 heterocycles. The number of nitrogens with zero attached hydrogens (tertiary/aromatic N) is 1. The quantitative estimate of drug-likeness (QED) is 0.682. The molecular weight excluding hydrogens is 312 g/mol. The first-order chi connectivity index (χ1) is 10.00. The van der Waals surface area contributed by atoms with Crippen LogP contribution in [0.3, 0.4) is 0 Å². The Labute approximate surface area is 123 Å². The summed E-state index contributed by atoms with van der Waals surface area (Å²) in [5, 5.41) is 8.86. The van der Waals surface area contributed by atoms with E-state index in [1.807, 2.05) is 0 Å². The fraction of sp³-hybridized carbons (Fsp3) is 0.429. The summed E-state index contributed by atoms with van der Waals surface area (Å²) >= 11 is 0. The third-order valence-corrected chi connectivity index (χ3v) is 2.66. The van der Waals surface area contributed by atoms with Gasteiger partial charge in [0.15, 0.2) is 6.10 Å². The number of benzene rings is 1. The Hall–Kier alpha value is -1.72. The summed E-state index contributed by atoms with van der Waals surface area (Å²) in [6, 6.07) is 4.11. The van der Waals surface area contributed by atoms with E-state index >= 15 is 0 Å². The van der Waals surface area contributed by atoms with Gasteiger partial charge in [0, 0.05) is 12.1 Å². The van der Waals surface area contributed by atoms with Crippen molar-refractivity contribution in [3.8, 4) is 11.8 Å². The van der Waals surface area contributed by atoms with Crippen molar-refractivity contribution in [2.75, 3.05) is 20.1 Å². The Morgan fingerprint density at radius 2 is 1.64 bits per heavy atom. The third-order valence-electron chi connectivity index (χ3n) is 2.66. The second-order valence-corrected chi connectivity index (χ2v) is 4.63. The van der Waals surface area contributed by atoms with Gasteiger partial charge in [-0.15, -0.1) is 0 Å². The highest BCUT2D eigenvalue weighted by Gasteiger charge is 2.38. The molecule has 1 rings (SSSR count). The van der Waals surface area contributed by atoms with Crippen LogP contribution >= 0.6 is 0 Å². The number of rotatable bonds is 3. The smallest absolute Gasteiger partial charge is 0.382 e. The van der Waals surface area contributed by atoms with Gasteiger partial charge in [-0.25, -0.2) is 0 Å². The molecule has 0 aliphatic carbocycles. The average Bonchev–Trinajstić information content (AvgIpc) is 2.37. The molecule has 8 heteroatoms. The van der Waals surface area contributed by atoms with E-state index in [0.29, 0.717) is 5.56 Å². The molecule has 1 unspecified atom stereocenters. The summed E-state index contributed by atoms with van der Waals surface area (Å²) in [6.45, 7) is -0.695. The lowest BCUT2D eigenvalue weighted by Gasteiger charge is -2.20. The van der Waals surface area contributed by atoms with Crippen LogP contribution in [0.2, 0.25) is 0 Å². The lowest BCUT2D eigenvalue weighted by atomic mass is 10.1. The Morgan fingerprint density at radius 3 is 2.09 bits per heavy atom. The Kier molecular flexibility index (Phi) is 5.85. The van der Waals surface area contributed by atoms with Crippen LogP contribution in [0.4, 0.5) is 26.3 Å². The number of aliphatic hydroxyl groups excluding tert-OH is 1. The van der Waals surface area contributed by atoms with Crippen LogP contribution in [0.1, 0.15) is 11.1 Å². The first-order valence-corrected chi connectivity index (χ1v) is 6.09. The van der Waals surface area contributed by atoms with E-state index in [0.717, 1.165) is 17.0 Å². The largest absolute Gasteiger partial charge is 0.416 e. The molecule has 22 heavy (non-hydrogen) atoms. The van der Waals surface area contributed by atoms with E-state index in [4.69, 9.17) is 5.11 Å². The van der Waals surface area contributed by atoms with Crippen molar-refractivity contribution in [3.63, 3.8) is 0 Å². The second-order valence-electron chi connectivity index (χ2n) is 4.63. The molecule has 2 nitrogen and oxygen atoms in total. The molecule has 0 aliphatic heterocycles. The van der Waals surface area contributed by atoms with Crippen LogP contribution in [0.25, 0.3) is 0 Å². The van der Waals surface area contributed by atoms with Gasteiger partial charge in [0.25, 0.3) is 0 Å². The van der Waals surface area contributed by atoms with Crippen LogP contribution < -0.4 is 0 Å². The molecule has 0 spiro atoms. The number of likely N-dealkylation sites (N-methyl/N-ethyl adjacent to an activating group) is 1. The van der Waals surface area contributed by atoms with Gasteiger partial charge >= 0.3 is 12.4 Å². The van der Waals surface area contributed by atoms with Crippen LogP contribution in [0, 0.1) is 11.8 Å². The van der Waals surface area contributed by atoms with Crippen LogP contribution in [0.5, 0.6) is 0 Å². The Balaban J connectivity index is 2.57. The van der Waals surface area contributed by atoms with Crippen LogP contribution in [0.15, 0.2) is 24.3 Å². The Bertz CT molecular complexity index is 538. The van der Waals surface area contributed by atoms with Crippen LogP contribution in [-0.2, 0) is 6.18 Å². The molecule has 122 valence electrons. The van der Waals surface area contributed by atoms with Crippen LogP contribution in [-0.4, -0.2) is 42.4 Å². The summed E-state index contributed by atoms with van der Waals surface area (Å²) in [7, 11) is 1.34. The summed E-state index contributed by atoms with van der Waals surface area (Å²) in [5.41, 5.74) is -0.485. The number of hydrogen-bond donors (Lipinski definition) is 1. The molecule has 0 saturated carbocycles. The summed E-state index contributed by atoms with van der Waals surface area (Å²) in [5.74, 6) is 5.08. The number of aliphatic hydroxyl groups is 1. The number of hydrogen-bond acceptors (Lipinski definition) is 2. The van der Waals surface area contributed by atoms with Crippen molar-refractivity contribution >= 4 is 0 Å². The van der Waals surface area contributed by atoms with Crippen molar-refractivity contribution in [3.05, 3.63) is 35.4 Å². The Morgan fingerprint density at radius 1 is 1.09 bits per heavy atom.